The van der Waals surface area contributed by atoms with E-state index in [1.807, 2.05) is 13.8 Å². The lowest BCUT2D eigenvalue weighted by Gasteiger charge is -2.26. The van der Waals surface area contributed by atoms with Gasteiger partial charge in [-0.3, -0.25) is 9.59 Å². The lowest BCUT2D eigenvalue weighted by Crippen LogP contribution is -2.51. The van der Waals surface area contributed by atoms with Crippen LogP contribution in [0.2, 0.25) is 0 Å². The molecule has 27 heavy (non-hydrogen) atoms. The molecule has 2 N–H and O–H groups in total. The molecule has 7 nitrogen and oxygen atoms in total. The van der Waals surface area contributed by atoms with Gasteiger partial charge < -0.3 is 15.2 Å². The molecule has 150 valence electrons. The second kappa shape index (κ2) is 9.33. The largest absolute Gasteiger partial charge is 0.347 e. The van der Waals surface area contributed by atoms with Crippen molar-refractivity contribution in [2.75, 3.05) is 0 Å². The first-order valence-electron chi connectivity index (χ1n) is 10.6. The number of carbonyl (C=O) groups is 2. The second-order valence-electron chi connectivity index (χ2n) is 8.28. The molecule has 1 atom stereocenters. The molecule has 1 aliphatic carbocycles. The third-order valence-electron chi connectivity index (χ3n) is 5.83. The van der Waals surface area contributed by atoms with Crippen molar-refractivity contribution in [1.29, 1.82) is 0 Å². The van der Waals surface area contributed by atoms with Gasteiger partial charge in [0, 0.05) is 18.9 Å². The maximum absolute atomic E-state index is 12.8. The Morgan fingerprint density at radius 1 is 1.07 bits per heavy atom. The van der Waals surface area contributed by atoms with E-state index in [1.54, 1.807) is 0 Å². The molecular weight excluding hydrogens is 342 g/mol. The number of aromatic nitrogens is 3. The van der Waals surface area contributed by atoms with Crippen LogP contribution in [0, 0.1) is 11.8 Å². The zero-order valence-electron chi connectivity index (χ0n) is 16.7. The Morgan fingerprint density at radius 3 is 2.56 bits per heavy atom. The van der Waals surface area contributed by atoms with Crippen LogP contribution in [0.5, 0.6) is 0 Å². The van der Waals surface area contributed by atoms with E-state index >= 15 is 0 Å². The fourth-order valence-corrected chi connectivity index (χ4v) is 4.12. The van der Waals surface area contributed by atoms with Gasteiger partial charge in [0.1, 0.15) is 11.9 Å². The SMILES string of the molecule is CC(C)[C@@H](NC(=O)C1CCCCC1)C(=O)NCc1nnc2n1CCCCC2. The molecular formula is C20H33N5O2. The van der Waals surface area contributed by atoms with E-state index in [1.165, 1.54) is 12.8 Å². The third kappa shape index (κ3) is 5.08. The number of nitrogens with one attached hydrogen (secondary N) is 2. The van der Waals surface area contributed by atoms with Crippen LogP contribution >= 0.6 is 0 Å². The normalized spacial score (nSPS) is 19.2. The van der Waals surface area contributed by atoms with Crippen molar-refractivity contribution < 1.29 is 9.59 Å². The average Bonchev–Trinajstić information content (AvgIpc) is 2.90. The summed E-state index contributed by atoms with van der Waals surface area (Å²) in [5, 5.41) is 14.5. The summed E-state index contributed by atoms with van der Waals surface area (Å²) < 4.78 is 2.14. The summed E-state index contributed by atoms with van der Waals surface area (Å²) in [6.45, 7) is 5.21. The monoisotopic (exact) mass is 375 g/mol. The lowest BCUT2D eigenvalue weighted by atomic mass is 9.88. The van der Waals surface area contributed by atoms with E-state index in [9.17, 15) is 9.59 Å². The number of nitrogens with zero attached hydrogens (tertiary/aromatic N) is 3. The minimum absolute atomic E-state index is 0.0277. The number of rotatable bonds is 6. The van der Waals surface area contributed by atoms with Gasteiger partial charge in [-0.05, 0) is 31.6 Å². The average molecular weight is 376 g/mol. The second-order valence-corrected chi connectivity index (χ2v) is 8.28. The zero-order valence-corrected chi connectivity index (χ0v) is 16.7. The fourth-order valence-electron chi connectivity index (χ4n) is 4.12. The van der Waals surface area contributed by atoms with Gasteiger partial charge in [0.2, 0.25) is 11.8 Å². The van der Waals surface area contributed by atoms with E-state index < -0.39 is 6.04 Å². The zero-order chi connectivity index (χ0) is 19.2. The Kier molecular flexibility index (Phi) is 6.85. The number of fused-ring (bicyclic) bond motifs is 1. The molecule has 2 heterocycles. The van der Waals surface area contributed by atoms with Crippen molar-refractivity contribution in [3.8, 4) is 0 Å². The molecule has 0 aromatic carbocycles. The van der Waals surface area contributed by atoms with Gasteiger partial charge in [-0.1, -0.05) is 39.5 Å². The topological polar surface area (TPSA) is 88.9 Å². The highest BCUT2D eigenvalue weighted by molar-refractivity contribution is 5.88. The predicted molar refractivity (Wildman–Crippen MR) is 103 cm³/mol. The van der Waals surface area contributed by atoms with Gasteiger partial charge in [-0.25, -0.2) is 0 Å². The molecule has 0 saturated heterocycles. The summed E-state index contributed by atoms with van der Waals surface area (Å²) in [7, 11) is 0. The van der Waals surface area contributed by atoms with Crippen molar-refractivity contribution in [3.05, 3.63) is 11.6 Å². The van der Waals surface area contributed by atoms with Crippen LogP contribution in [-0.4, -0.2) is 32.6 Å². The molecule has 2 aliphatic rings. The molecule has 1 fully saturated rings. The Hall–Kier alpha value is -1.92. The fraction of sp³-hybridized carbons (Fsp3) is 0.800. The van der Waals surface area contributed by atoms with Crippen molar-refractivity contribution in [1.82, 2.24) is 25.4 Å². The number of hydrogen-bond donors (Lipinski definition) is 2. The highest BCUT2D eigenvalue weighted by atomic mass is 16.2. The van der Waals surface area contributed by atoms with Crippen molar-refractivity contribution in [2.45, 2.75) is 90.8 Å². The standard InChI is InChI=1S/C20H33N5O2/c1-14(2)18(22-19(26)15-9-5-3-6-10-15)20(27)21-13-17-24-23-16-11-7-4-8-12-25(16)17/h14-15,18H,3-13H2,1-2H3,(H,21,27)(H,22,26)/t18-/m1/s1. The smallest absolute Gasteiger partial charge is 0.243 e. The summed E-state index contributed by atoms with van der Waals surface area (Å²) in [6.07, 6.45) is 9.72. The van der Waals surface area contributed by atoms with Crippen LogP contribution in [-0.2, 0) is 29.1 Å². The Morgan fingerprint density at radius 2 is 1.81 bits per heavy atom. The van der Waals surface area contributed by atoms with Crippen molar-refractivity contribution in [3.63, 3.8) is 0 Å². The Balaban J connectivity index is 1.57. The molecule has 1 saturated carbocycles. The van der Waals surface area contributed by atoms with E-state index in [0.717, 1.165) is 63.1 Å². The summed E-state index contributed by atoms with van der Waals surface area (Å²) in [5.41, 5.74) is 0. The summed E-state index contributed by atoms with van der Waals surface area (Å²) in [4.78, 5) is 25.3. The molecule has 0 radical (unpaired) electrons. The Labute approximate surface area is 161 Å². The summed E-state index contributed by atoms with van der Waals surface area (Å²) >= 11 is 0. The molecule has 7 heteroatoms. The van der Waals surface area contributed by atoms with Gasteiger partial charge in [-0.15, -0.1) is 10.2 Å². The van der Waals surface area contributed by atoms with Crippen LogP contribution in [0.25, 0.3) is 0 Å². The molecule has 1 aromatic rings. The van der Waals surface area contributed by atoms with E-state index in [0.29, 0.717) is 6.54 Å². The number of amides is 2. The van der Waals surface area contributed by atoms with E-state index in [-0.39, 0.29) is 23.7 Å². The van der Waals surface area contributed by atoms with Crippen LogP contribution in [0.4, 0.5) is 0 Å². The first kappa shape index (κ1) is 19.8. The number of aryl methyl sites for hydroxylation is 1. The highest BCUT2D eigenvalue weighted by Crippen LogP contribution is 2.24. The quantitative estimate of drug-likeness (QED) is 0.799. The lowest BCUT2D eigenvalue weighted by molar-refractivity contribution is -0.132. The molecule has 3 rings (SSSR count). The number of carbonyl (C=O) groups excluding carboxylic acids is 2. The minimum Gasteiger partial charge on any atom is -0.347 e. The Bertz CT molecular complexity index is 649. The van der Waals surface area contributed by atoms with Crippen LogP contribution in [0.3, 0.4) is 0 Å². The molecule has 0 bridgehead atoms. The molecule has 0 unspecified atom stereocenters. The van der Waals surface area contributed by atoms with Crippen molar-refractivity contribution in [2.24, 2.45) is 11.8 Å². The third-order valence-corrected chi connectivity index (χ3v) is 5.83. The highest BCUT2D eigenvalue weighted by Gasteiger charge is 2.28. The van der Waals surface area contributed by atoms with Crippen LogP contribution < -0.4 is 10.6 Å². The van der Waals surface area contributed by atoms with Gasteiger partial charge in [0.05, 0.1) is 6.54 Å². The summed E-state index contributed by atoms with van der Waals surface area (Å²) in [6, 6.07) is -0.508. The first-order valence-corrected chi connectivity index (χ1v) is 10.6. The maximum atomic E-state index is 12.8. The van der Waals surface area contributed by atoms with Gasteiger partial charge in [0.15, 0.2) is 5.82 Å². The van der Waals surface area contributed by atoms with Gasteiger partial charge >= 0.3 is 0 Å². The molecule has 0 spiro atoms. The van der Waals surface area contributed by atoms with Gasteiger partial charge in [-0.2, -0.15) is 0 Å². The van der Waals surface area contributed by atoms with E-state index in [4.69, 9.17) is 0 Å². The predicted octanol–water partition coefficient (Wildman–Crippen LogP) is 2.34. The maximum Gasteiger partial charge on any atom is 0.243 e. The van der Waals surface area contributed by atoms with Crippen LogP contribution in [0.15, 0.2) is 0 Å². The molecule has 2 amide bonds. The summed E-state index contributed by atoms with van der Waals surface area (Å²) in [5.74, 6) is 1.80. The van der Waals surface area contributed by atoms with Crippen molar-refractivity contribution >= 4 is 11.8 Å². The number of hydrogen-bond acceptors (Lipinski definition) is 4. The first-order chi connectivity index (χ1) is 13.1. The molecule has 1 aliphatic heterocycles. The van der Waals surface area contributed by atoms with Gasteiger partial charge in [0.25, 0.3) is 0 Å². The van der Waals surface area contributed by atoms with Crippen LogP contribution in [0.1, 0.15) is 76.9 Å². The molecule has 1 aromatic heterocycles. The minimum atomic E-state index is -0.508. The van der Waals surface area contributed by atoms with E-state index in [2.05, 4.69) is 25.4 Å².